The van der Waals surface area contributed by atoms with Gasteiger partial charge in [-0.2, -0.15) is 0 Å². The van der Waals surface area contributed by atoms with E-state index in [-0.39, 0.29) is 6.42 Å². The van der Waals surface area contributed by atoms with Crippen molar-refractivity contribution in [2.24, 2.45) is 5.73 Å². The van der Waals surface area contributed by atoms with Gasteiger partial charge in [-0.25, -0.2) is 4.98 Å². The van der Waals surface area contributed by atoms with Gasteiger partial charge in [0, 0.05) is 0 Å². The summed E-state index contributed by atoms with van der Waals surface area (Å²) in [7, 11) is 0. The van der Waals surface area contributed by atoms with E-state index in [1.54, 1.807) is 0 Å². The van der Waals surface area contributed by atoms with Crippen LogP contribution in [-0.4, -0.2) is 16.1 Å². The molecule has 0 aliphatic rings. The van der Waals surface area contributed by atoms with Gasteiger partial charge in [0.2, 0.25) is 0 Å². The summed E-state index contributed by atoms with van der Waals surface area (Å²) in [6.07, 6.45) is 2.43. The quantitative estimate of drug-likeness (QED) is 0.650. The van der Waals surface area contributed by atoms with Crippen molar-refractivity contribution in [1.29, 1.82) is 0 Å². The van der Waals surface area contributed by atoms with Crippen LogP contribution in [0.25, 0.3) is 0 Å². The predicted molar refractivity (Wildman–Crippen MR) is 35.7 cm³/mol. The minimum absolute atomic E-state index is 0.132. The largest absolute Gasteiger partial charge is 0.481 e. The van der Waals surface area contributed by atoms with E-state index >= 15 is 0 Å². The first kappa shape index (κ1) is 7.74. The van der Waals surface area contributed by atoms with Crippen molar-refractivity contribution in [3.05, 3.63) is 18.4 Å². The zero-order valence-corrected chi connectivity index (χ0v) is 5.73. The molecule has 0 radical (unpaired) electrons. The van der Waals surface area contributed by atoms with Crippen molar-refractivity contribution in [1.82, 2.24) is 4.98 Å². The van der Waals surface area contributed by atoms with Gasteiger partial charge in [-0.1, -0.05) is 0 Å². The Bertz CT molecular complexity index is 232. The highest BCUT2D eigenvalue weighted by Gasteiger charge is 2.12. The average Bonchev–Trinajstić information content (AvgIpc) is 2.35. The summed E-state index contributed by atoms with van der Waals surface area (Å²) in [4.78, 5) is 13.9. The fourth-order valence-electron chi connectivity index (χ4n) is 0.698. The van der Waals surface area contributed by atoms with Crippen LogP contribution in [-0.2, 0) is 4.79 Å². The van der Waals surface area contributed by atoms with Gasteiger partial charge in [0.15, 0.2) is 6.39 Å². The number of hydrogen-bond acceptors (Lipinski definition) is 4. The van der Waals surface area contributed by atoms with Crippen LogP contribution in [0.1, 0.15) is 18.2 Å². The number of aromatic nitrogens is 1. The summed E-state index contributed by atoms with van der Waals surface area (Å²) in [6, 6.07) is -0.578. The van der Waals surface area contributed by atoms with Crippen molar-refractivity contribution in [2.75, 3.05) is 0 Å². The zero-order chi connectivity index (χ0) is 8.27. The van der Waals surface area contributed by atoms with Crippen molar-refractivity contribution < 1.29 is 14.3 Å². The SMILES string of the molecule is NC(CC(=O)O)c1cocn1. The standard InChI is InChI=1S/C6H8N2O3/c7-4(1-6(9)10)5-2-11-3-8-5/h2-4H,1,7H2,(H,9,10). The van der Waals surface area contributed by atoms with E-state index in [0.29, 0.717) is 5.69 Å². The molecule has 1 aromatic heterocycles. The highest BCUT2D eigenvalue weighted by atomic mass is 16.4. The second-order valence-electron chi connectivity index (χ2n) is 2.12. The maximum atomic E-state index is 10.2. The molecule has 0 amide bonds. The molecule has 0 spiro atoms. The third-order valence-corrected chi connectivity index (χ3v) is 1.23. The highest BCUT2D eigenvalue weighted by molar-refractivity contribution is 5.67. The predicted octanol–water partition coefficient (Wildman–Crippen LogP) is 0.149. The molecule has 0 aliphatic heterocycles. The molecule has 5 heteroatoms. The number of carboxylic acid groups (broad SMARTS) is 1. The molecule has 5 nitrogen and oxygen atoms in total. The fraction of sp³-hybridized carbons (Fsp3) is 0.333. The second kappa shape index (κ2) is 3.16. The zero-order valence-electron chi connectivity index (χ0n) is 5.73. The van der Waals surface area contributed by atoms with E-state index in [2.05, 4.69) is 9.40 Å². The van der Waals surface area contributed by atoms with Gasteiger partial charge < -0.3 is 15.3 Å². The van der Waals surface area contributed by atoms with E-state index in [1.807, 2.05) is 0 Å². The van der Waals surface area contributed by atoms with E-state index < -0.39 is 12.0 Å². The fourth-order valence-corrected chi connectivity index (χ4v) is 0.698. The summed E-state index contributed by atoms with van der Waals surface area (Å²) in [6.45, 7) is 0. The Morgan fingerprint density at radius 2 is 2.64 bits per heavy atom. The number of oxazole rings is 1. The Labute approximate surface area is 62.8 Å². The van der Waals surface area contributed by atoms with Gasteiger partial charge in [0.1, 0.15) is 6.26 Å². The van der Waals surface area contributed by atoms with Gasteiger partial charge in [-0.3, -0.25) is 4.79 Å². The molecule has 60 valence electrons. The van der Waals surface area contributed by atoms with E-state index in [4.69, 9.17) is 10.8 Å². The molecule has 1 atom stereocenters. The van der Waals surface area contributed by atoms with E-state index in [9.17, 15) is 4.79 Å². The monoisotopic (exact) mass is 156 g/mol. The summed E-state index contributed by atoms with van der Waals surface area (Å²) >= 11 is 0. The Balaban J connectivity index is 2.56. The molecule has 0 bridgehead atoms. The smallest absolute Gasteiger partial charge is 0.305 e. The number of rotatable bonds is 3. The lowest BCUT2D eigenvalue weighted by Crippen LogP contribution is -2.15. The molecular weight excluding hydrogens is 148 g/mol. The Kier molecular flexibility index (Phi) is 2.22. The third kappa shape index (κ3) is 2.05. The van der Waals surface area contributed by atoms with Gasteiger partial charge in [-0.15, -0.1) is 0 Å². The van der Waals surface area contributed by atoms with Crippen LogP contribution in [0.4, 0.5) is 0 Å². The van der Waals surface area contributed by atoms with Crippen LogP contribution in [0.15, 0.2) is 17.1 Å². The summed E-state index contributed by atoms with van der Waals surface area (Å²) in [5.74, 6) is -0.944. The Hall–Kier alpha value is -1.36. The van der Waals surface area contributed by atoms with Crippen LogP contribution in [0.5, 0.6) is 0 Å². The van der Waals surface area contributed by atoms with Crippen LogP contribution < -0.4 is 5.73 Å². The van der Waals surface area contributed by atoms with Crippen LogP contribution in [0.2, 0.25) is 0 Å². The Morgan fingerprint density at radius 3 is 3.09 bits per heavy atom. The van der Waals surface area contributed by atoms with Gasteiger partial charge in [-0.05, 0) is 0 Å². The van der Waals surface area contributed by atoms with Crippen molar-refractivity contribution in [3.63, 3.8) is 0 Å². The van der Waals surface area contributed by atoms with Crippen molar-refractivity contribution in [3.8, 4) is 0 Å². The molecule has 1 heterocycles. The first-order chi connectivity index (χ1) is 5.20. The number of carboxylic acids is 1. The maximum Gasteiger partial charge on any atom is 0.305 e. The minimum atomic E-state index is -0.944. The second-order valence-corrected chi connectivity index (χ2v) is 2.12. The number of hydrogen-bond donors (Lipinski definition) is 2. The molecule has 0 aliphatic carbocycles. The Morgan fingerprint density at radius 1 is 1.91 bits per heavy atom. The first-order valence-corrected chi connectivity index (χ1v) is 3.05. The number of nitrogens with two attached hydrogens (primary N) is 1. The van der Waals surface area contributed by atoms with Crippen molar-refractivity contribution in [2.45, 2.75) is 12.5 Å². The van der Waals surface area contributed by atoms with E-state index in [0.717, 1.165) is 0 Å². The molecule has 1 aromatic rings. The molecule has 0 saturated carbocycles. The molecule has 1 unspecified atom stereocenters. The normalized spacial score (nSPS) is 12.8. The van der Waals surface area contributed by atoms with Crippen molar-refractivity contribution >= 4 is 5.97 Å². The molecule has 0 aromatic carbocycles. The molecule has 11 heavy (non-hydrogen) atoms. The lowest BCUT2D eigenvalue weighted by Gasteiger charge is -2.02. The first-order valence-electron chi connectivity index (χ1n) is 3.05. The van der Waals surface area contributed by atoms with Gasteiger partial charge in [0.25, 0.3) is 0 Å². The highest BCUT2D eigenvalue weighted by Crippen LogP contribution is 2.09. The average molecular weight is 156 g/mol. The summed E-state index contributed by atoms with van der Waals surface area (Å²) in [5, 5.41) is 8.34. The number of carbonyl (C=O) groups is 1. The van der Waals surface area contributed by atoms with Crippen LogP contribution >= 0.6 is 0 Å². The summed E-state index contributed by atoms with van der Waals surface area (Å²) in [5.41, 5.74) is 5.90. The van der Waals surface area contributed by atoms with Gasteiger partial charge >= 0.3 is 5.97 Å². The van der Waals surface area contributed by atoms with Crippen LogP contribution in [0, 0.1) is 0 Å². The van der Waals surface area contributed by atoms with Crippen LogP contribution in [0.3, 0.4) is 0 Å². The molecular formula is C6H8N2O3. The lowest BCUT2D eigenvalue weighted by molar-refractivity contribution is -0.137. The molecule has 0 saturated heterocycles. The molecule has 0 fully saturated rings. The third-order valence-electron chi connectivity index (χ3n) is 1.23. The van der Waals surface area contributed by atoms with E-state index in [1.165, 1.54) is 12.7 Å². The van der Waals surface area contributed by atoms with Gasteiger partial charge in [0.05, 0.1) is 18.2 Å². The topological polar surface area (TPSA) is 89.4 Å². The lowest BCUT2D eigenvalue weighted by atomic mass is 10.2. The molecule has 1 rings (SSSR count). The number of nitrogens with zero attached hydrogens (tertiary/aromatic N) is 1. The maximum absolute atomic E-state index is 10.2. The molecule has 3 N–H and O–H groups in total. The summed E-state index contributed by atoms with van der Waals surface area (Å²) < 4.78 is 4.63. The minimum Gasteiger partial charge on any atom is -0.481 e. The number of aliphatic carboxylic acids is 1.